The third kappa shape index (κ3) is 2.76. The van der Waals surface area contributed by atoms with E-state index in [2.05, 4.69) is 31.0 Å². The van der Waals surface area contributed by atoms with Crippen LogP contribution in [0.4, 0.5) is 13.2 Å². The number of rotatable bonds is 1. The van der Waals surface area contributed by atoms with Gasteiger partial charge in [-0.15, -0.1) is 0 Å². The summed E-state index contributed by atoms with van der Waals surface area (Å²) in [4.78, 5) is 4.32. The summed E-state index contributed by atoms with van der Waals surface area (Å²) < 4.78 is 40.5. The Morgan fingerprint density at radius 3 is 2.57 bits per heavy atom. The van der Waals surface area contributed by atoms with Gasteiger partial charge >= 0.3 is 6.18 Å². The second-order valence-corrected chi connectivity index (χ2v) is 10.9. The molecule has 0 radical (unpaired) electrons. The van der Waals surface area contributed by atoms with Crippen molar-refractivity contribution in [3.05, 3.63) is 36.2 Å². The van der Waals surface area contributed by atoms with E-state index < -0.39 is 11.8 Å². The number of hydrogen-bond acceptors (Lipinski definition) is 2. The number of aromatic nitrogens is 1. The molecule has 1 heterocycles. The zero-order chi connectivity index (χ0) is 21.4. The van der Waals surface area contributed by atoms with Gasteiger partial charge in [-0.2, -0.15) is 13.2 Å². The Morgan fingerprint density at radius 2 is 1.87 bits per heavy atom. The van der Waals surface area contributed by atoms with E-state index in [4.69, 9.17) is 0 Å². The first-order valence-corrected chi connectivity index (χ1v) is 11.5. The molecule has 0 saturated heterocycles. The minimum atomic E-state index is -4.52. The average Bonchev–Trinajstić information content (AvgIpc) is 3.06. The van der Waals surface area contributed by atoms with Crippen molar-refractivity contribution in [2.45, 2.75) is 77.0 Å². The quantitative estimate of drug-likeness (QED) is 0.570. The monoisotopic (exact) mass is 419 g/mol. The summed E-state index contributed by atoms with van der Waals surface area (Å²) in [6.07, 6.45) is 6.91. The second-order valence-electron chi connectivity index (χ2n) is 10.9. The van der Waals surface area contributed by atoms with Gasteiger partial charge < -0.3 is 5.11 Å². The Bertz CT molecular complexity index is 852. The van der Waals surface area contributed by atoms with Crippen LogP contribution in [0.5, 0.6) is 0 Å². The molecule has 30 heavy (non-hydrogen) atoms. The van der Waals surface area contributed by atoms with Crippen LogP contribution in [-0.2, 0) is 0 Å². The highest BCUT2D eigenvalue weighted by molar-refractivity contribution is 5.72. The van der Waals surface area contributed by atoms with Gasteiger partial charge in [-0.25, -0.2) is 0 Å². The van der Waals surface area contributed by atoms with Gasteiger partial charge in [0.1, 0.15) is 0 Å². The molecule has 164 valence electrons. The van der Waals surface area contributed by atoms with Crippen LogP contribution in [-0.4, -0.2) is 21.9 Å². The van der Waals surface area contributed by atoms with E-state index in [0.29, 0.717) is 24.2 Å². The van der Waals surface area contributed by atoms with Crippen molar-refractivity contribution in [2.24, 2.45) is 34.5 Å². The molecule has 5 heteroatoms. The maximum Gasteiger partial charge on any atom is 0.417 e. The molecule has 0 spiro atoms. The van der Waals surface area contributed by atoms with Gasteiger partial charge in [0.05, 0.1) is 0 Å². The van der Waals surface area contributed by atoms with Crippen LogP contribution in [0.15, 0.2) is 30.6 Å². The fourth-order valence-corrected chi connectivity index (χ4v) is 8.04. The minimum absolute atomic E-state index is 0.0318. The van der Waals surface area contributed by atoms with Gasteiger partial charge in [0.25, 0.3) is 0 Å². The largest absolute Gasteiger partial charge is 0.417 e. The van der Waals surface area contributed by atoms with Crippen molar-refractivity contribution in [3.8, 4) is 0 Å². The van der Waals surface area contributed by atoms with Gasteiger partial charge in [-0.3, -0.25) is 4.98 Å². The molecular weight excluding hydrogens is 387 g/mol. The van der Waals surface area contributed by atoms with Crippen LogP contribution in [0, 0.1) is 34.5 Å². The summed E-state index contributed by atoms with van der Waals surface area (Å²) in [5.41, 5.74) is 0.193. The van der Waals surface area contributed by atoms with Crippen molar-refractivity contribution in [1.82, 2.24) is 4.98 Å². The number of fused-ring (bicyclic) bond motifs is 5. The summed E-state index contributed by atoms with van der Waals surface area (Å²) in [7, 11) is 0. The summed E-state index contributed by atoms with van der Waals surface area (Å²) in [6, 6.07) is 4.14. The van der Waals surface area contributed by atoms with Crippen LogP contribution < -0.4 is 0 Å². The van der Waals surface area contributed by atoms with Crippen LogP contribution >= 0.6 is 0 Å². The van der Waals surface area contributed by atoms with Crippen molar-refractivity contribution in [3.63, 3.8) is 0 Å². The van der Waals surface area contributed by atoms with E-state index in [1.54, 1.807) is 0 Å². The lowest BCUT2D eigenvalue weighted by atomic mass is 9.43. The Labute approximate surface area is 177 Å². The molecule has 4 aliphatic rings. The maximum absolute atomic E-state index is 13.5. The molecule has 1 N–H and O–H groups in total. The van der Waals surface area contributed by atoms with Gasteiger partial charge in [0, 0.05) is 12.4 Å². The zero-order valence-electron chi connectivity index (χ0n) is 17.9. The highest BCUT2D eigenvalue weighted by atomic mass is 19.4. The van der Waals surface area contributed by atoms with Crippen LogP contribution in [0.25, 0.3) is 5.57 Å². The SMILES string of the molecule is C[C@]12CC[C@@](O)(C(F)(F)F)CC1CC[C@@H]1[C@@H]2CC[C@]2(C)C(c3cccnc3)=CC[C@@H]12. The standard InChI is InChI=1S/C25H32F3NO/c1-22-11-12-24(30,25(26,27)28)14-17(22)5-6-18-20-8-7-19(16-4-3-13-29-15-16)23(20,2)10-9-21(18)22/h3-4,7,13,15,17-18,20-21,30H,5-6,8-12,14H2,1-2H3/t17?,18-,20-,21-,22-,23+,24-/m0/s1. The number of aliphatic hydroxyl groups is 1. The highest BCUT2D eigenvalue weighted by Crippen LogP contribution is 2.68. The smallest absolute Gasteiger partial charge is 0.380 e. The first-order valence-electron chi connectivity index (χ1n) is 11.5. The summed E-state index contributed by atoms with van der Waals surface area (Å²) in [5.74, 6) is 1.56. The molecule has 2 nitrogen and oxygen atoms in total. The van der Waals surface area contributed by atoms with Gasteiger partial charge in [-0.1, -0.05) is 26.0 Å². The molecule has 7 atom stereocenters. The van der Waals surface area contributed by atoms with E-state index >= 15 is 0 Å². The van der Waals surface area contributed by atoms with E-state index in [1.165, 1.54) is 11.1 Å². The van der Waals surface area contributed by atoms with Gasteiger partial charge in [-0.05, 0) is 103 Å². The third-order valence-corrected chi connectivity index (χ3v) is 9.81. The molecule has 1 aromatic heterocycles. The minimum Gasteiger partial charge on any atom is -0.380 e. The topological polar surface area (TPSA) is 33.1 Å². The van der Waals surface area contributed by atoms with Crippen molar-refractivity contribution >= 4 is 5.57 Å². The fourth-order valence-electron chi connectivity index (χ4n) is 8.04. The highest BCUT2D eigenvalue weighted by Gasteiger charge is 2.64. The number of hydrogen-bond donors (Lipinski definition) is 1. The molecule has 0 aliphatic heterocycles. The number of pyridine rings is 1. The Balaban J connectivity index is 1.40. The zero-order valence-corrected chi connectivity index (χ0v) is 17.9. The molecule has 0 amide bonds. The summed E-state index contributed by atoms with van der Waals surface area (Å²) >= 11 is 0. The number of nitrogens with zero attached hydrogens (tertiary/aromatic N) is 1. The number of halogens is 3. The van der Waals surface area contributed by atoms with E-state index in [0.717, 1.165) is 32.1 Å². The summed E-state index contributed by atoms with van der Waals surface area (Å²) in [5, 5.41) is 10.4. The predicted molar refractivity (Wildman–Crippen MR) is 110 cm³/mol. The molecule has 1 aromatic rings. The number of alkyl halides is 3. The molecule has 5 rings (SSSR count). The van der Waals surface area contributed by atoms with Gasteiger partial charge in [0.2, 0.25) is 0 Å². The lowest BCUT2D eigenvalue weighted by molar-refractivity contribution is -0.289. The fraction of sp³-hybridized carbons (Fsp3) is 0.720. The van der Waals surface area contributed by atoms with Crippen LogP contribution in [0.1, 0.15) is 70.8 Å². The maximum atomic E-state index is 13.5. The number of allylic oxidation sites excluding steroid dienone is 2. The predicted octanol–water partition coefficient (Wildman–Crippen LogP) is 6.41. The van der Waals surface area contributed by atoms with E-state index in [1.807, 2.05) is 18.5 Å². The lowest BCUT2D eigenvalue weighted by Crippen LogP contribution is -2.58. The molecule has 4 aliphatic carbocycles. The third-order valence-electron chi connectivity index (χ3n) is 9.81. The lowest BCUT2D eigenvalue weighted by Gasteiger charge is -2.62. The molecule has 3 fully saturated rings. The van der Waals surface area contributed by atoms with Crippen molar-refractivity contribution < 1.29 is 18.3 Å². The van der Waals surface area contributed by atoms with Crippen molar-refractivity contribution in [2.75, 3.05) is 0 Å². The van der Waals surface area contributed by atoms with Gasteiger partial charge in [0.15, 0.2) is 5.60 Å². The molecule has 0 bridgehead atoms. The molecular formula is C25H32F3NO. The molecule has 3 saturated carbocycles. The van der Waals surface area contributed by atoms with Crippen molar-refractivity contribution in [1.29, 1.82) is 0 Å². The molecule has 1 unspecified atom stereocenters. The van der Waals surface area contributed by atoms with Crippen LogP contribution in [0.3, 0.4) is 0 Å². The second kappa shape index (κ2) is 6.57. The summed E-state index contributed by atoms with van der Waals surface area (Å²) in [6.45, 7) is 4.63. The Hall–Kier alpha value is -1.36. The Kier molecular flexibility index (Phi) is 4.50. The normalized spacial score (nSPS) is 45.9. The average molecular weight is 420 g/mol. The Morgan fingerprint density at radius 1 is 1.07 bits per heavy atom. The first kappa shape index (κ1) is 20.5. The first-order chi connectivity index (χ1) is 14.1. The molecule has 0 aromatic carbocycles. The van der Waals surface area contributed by atoms with E-state index in [-0.39, 0.29) is 29.6 Å². The van der Waals surface area contributed by atoms with Crippen LogP contribution in [0.2, 0.25) is 0 Å². The van der Waals surface area contributed by atoms with E-state index in [9.17, 15) is 18.3 Å².